The van der Waals surface area contributed by atoms with E-state index in [1.165, 1.54) is 0 Å². The lowest BCUT2D eigenvalue weighted by atomic mass is 10.2. The van der Waals surface area contributed by atoms with Gasteiger partial charge in [0.05, 0.1) is 6.61 Å². The van der Waals surface area contributed by atoms with E-state index in [0.717, 1.165) is 0 Å². The monoisotopic (exact) mass is 216 g/mol. The minimum Gasteiger partial charge on any atom is -0.505 e. The van der Waals surface area contributed by atoms with Crippen molar-refractivity contribution in [1.29, 1.82) is 0 Å². The molecule has 15 heavy (non-hydrogen) atoms. The van der Waals surface area contributed by atoms with Gasteiger partial charge in [-0.1, -0.05) is 0 Å². The molecule has 0 aromatic rings. The van der Waals surface area contributed by atoms with Crippen molar-refractivity contribution < 1.29 is 29.2 Å². The third kappa shape index (κ3) is 1.66. The maximum Gasteiger partial charge on any atom is 0.377 e. The number of aliphatic hydroxyl groups excluding tert-OH is 2. The molecule has 1 fully saturated rings. The lowest BCUT2D eigenvalue weighted by molar-refractivity contribution is -0.163. The molecule has 0 aromatic heterocycles. The predicted molar refractivity (Wildman–Crippen MR) is 47.1 cm³/mol. The number of ether oxygens (including phenoxy) is 3. The first-order chi connectivity index (χ1) is 6.91. The van der Waals surface area contributed by atoms with Crippen molar-refractivity contribution in [2.24, 2.45) is 0 Å². The topological polar surface area (TPSA) is 85.2 Å². The molecule has 1 unspecified atom stereocenters. The van der Waals surface area contributed by atoms with Crippen molar-refractivity contribution >= 4 is 5.97 Å². The fraction of sp³-hybridized carbons (Fsp3) is 0.667. The lowest BCUT2D eigenvalue weighted by Crippen LogP contribution is -2.32. The molecule has 6 heteroatoms. The highest BCUT2D eigenvalue weighted by Gasteiger charge is 2.46. The summed E-state index contributed by atoms with van der Waals surface area (Å²) in [6.07, 6.45) is -1.56. The molecule has 2 rings (SSSR count). The van der Waals surface area contributed by atoms with Gasteiger partial charge in [0.15, 0.2) is 17.7 Å². The number of carbonyl (C=O) groups is 1. The summed E-state index contributed by atoms with van der Waals surface area (Å²) in [5.41, 5.74) is 0. The molecule has 0 radical (unpaired) electrons. The fourth-order valence-corrected chi connectivity index (χ4v) is 1.58. The van der Waals surface area contributed by atoms with Gasteiger partial charge in [-0.2, -0.15) is 0 Å². The Labute approximate surface area is 86.0 Å². The molecule has 2 aliphatic heterocycles. The molecule has 1 saturated heterocycles. The number of aliphatic hydroxyl groups is 2. The largest absolute Gasteiger partial charge is 0.505 e. The van der Waals surface area contributed by atoms with Crippen LogP contribution in [0.25, 0.3) is 0 Å². The van der Waals surface area contributed by atoms with Crippen LogP contribution in [-0.4, -0.2) is 40.8 Å². The van der Waals surface area contributed by atoms with Crippen molar-refractivity contribution in [3.8, 4) is 0 Å². The van der Waals surface area contributed by atoms with Gasteiger partial charge in [0.25, 0.3) is 0 Å². The Kier molecular flexibility index (Phi) is 2.13. The van der Waals surface area contributed by atoms with E-state index in [1.54, 1.807) is 13.8 Å². The van der Waals surface area contributed by atoms with E-state index in [4.69, 9.17) is 19.3 Å². The Balaban J connectivity index is 2.12. The van der Waals surface area contributed by atoms with Gasteiger partial charge < -0.3 is 24.4 Å². The van der Waals surface area contributed by atoms with E-state index in [1.807, 2.05) is 0 Å². The van der Waals surface area contributed by atoms with Crippen LogP contribution in [0.4, 0.5) is 0 Å². The first-order valence-electron chi connectivity index (χ1n) is 4.55. The van der Waals surface area contributed by atoms with Crippen molar-refractivity contribution in [2.45, 2.75) is 31.8 Å². The molecule has 2 aliphatic rings. The van der Waals surface area contributed by atoms with Crippen molar-refractivity contribution in [2.75, 3.05) is 6.61 Å². The number of carbonyl (C=O) groups excluding carboxylic acids is 1. The summed E-state index contributed by atoms with van der Waals surface area (Å²) in [6.45, 7) is 3.62. The average Bonchev–Trinajstić information content (AvgIpc) is 2.62. The van der Waals surface area contributed by atoms with Crippen LogP contribution in [0.5, 0.6) is 0 Å². The Morgan fingerprint density at radius 1 is 1.40 bits per heavy atom. The van der Waals surface area contributed by atoms with Gasteiger partial charge in [-0.05, 0) is 13.8 Å². The van der Waals surface area contributed by atoms with Crippen LogP contribution in [0.2, 0.25) is 0 Å². The van der Waals surface area contributed by atoms with E-state index in [2.05, 4.69) is 0 Å². The molecule has 0 bridgehead atoms. The van der Waals surface area contributed by atoms with Crippen molar-refractivity contribution in [1.82, 2.24) is 0 Å². The number of hydrogen-bond acceptors (Lipinski definition) is 6. The molecule has 0 spiro atoms. The van der Waals surface area contributed by atoms with Crippen LogP contribution < -0.4 is 0 Å². The number of hydrogen-bond donors (Lipinski definition) is 2. The average molecular weight is 216 g/mol. The molecule has 84 valence electrons. The minimum absolute atomic E-state index is 0.197. The Bertz CT molecular complexity index is 331. The van der Waals surface area contributed by atoms with Gasteiger partial charge in [-0.25, -0.2) is 4.79 Å². The quantitative estimate of drug-likeness (QED) is 0.617. The minimum atomic E-state index is -0.973. The first-order valence-corrected chi connectivity index (χ1v) is 4.55. The summed E-state index contributed by atoms with van der Waals surface area (Å²) in [5, 5.41) is 18.5. The van der Waals surface area contributed by atoms with E-state index < -0.39 is 35.5 Å². The molecule has 6 nitrogen and oxygen atoms in total. The van der Waals surface area contributed by atoms with E-state index in [-0.39, 0.29) is 6.61 Å². The Morgan fingerprint density at radius 3 is 2.47 bits per heavy atom. The number of cyclic esters (lactones) is 1. The van der Waals surface area contributed by atoms with Crippen molar-refractivity contribution in [3.05, 3.63) is 11.5 Å². The Morgan fingerprint density at radius 2 is 2.07 bits per heavy atom. The van der Waals surface area contributed by atoms with Crippen LogP contribution in [0.15, 0.2) is 11.5 Å². The summed E-state index contributed by atoms with van der Waals surface area (Å²) in [7, 11) is 0. The molecule has 2 atom stereocenters. The molecule has 0 saturated carbocycles. The van der Waals surface area contributed by atoms with Crippen LogP contribution in [0.3, 0.4) is 0 Å². The molecule has 0 aliphatic carbocycles. The normalized spacial score (nSPS) is 34.7. The van der Waals surface area contributed by atoms with Crippen LogP contribution in [-0.2, 0) is 19.0 Å². The molecular formula is C9H12O6. The van der Waals surface area contributed by atoms with Crippen LogP contribution >= 0.6 is 0 Å². The van der Waals surface area contributed by atoms with Crippen molar-refractivity contribution in [3.63, 3.8) is 0 Å². The van der Waals surface area contributed by atoms with Gasteiger partial charge in [-0.15, -0.1) is 0 Å². The van der Waals surface area contributed by atoms with E-state index in [0.29, 0.717) is 0 Å². The van der Waals surface area contributed by atoms with E-state index >= 15 is 0 Å². The zero-order chi connectivity index (χ0) is 11.2. The van der Waals surface area contributed by atoms with Gasteiger partial charge >= 0.3 is 5.97 Å². The van der Waals surface area contributed by atoms with Crippen LogP contribution in [0, 0.1) is 0 Å². The SMILES string of the molecule is CC1(C)OCC([C@@H]2OC(=O)C(O)=C2O)O1. The zero-order valence-corrected chi connectivity index (χ0v) is 8.39. The third-order valence-electron chi connectivity index (χ3n) is 2.31. The summed E-state index contributed by atoms with van der Waals surface area (Å²) in [5.74, 6) is -2.96. The predicted octanol–water partition coefficient (Wildman–Crippen LogP) is 0.391. The zero-order valence-electron chi connectivity index (χ0n) is 8.39. The fourth-order valence-electron chi connectivity index (χ4n) is 1.58. The highest BCUT2D eigenvalue weighted by atomic mass is 16.8. The first kappa shape index (κ1) is 10.3. The molecule has 0 amide bonds. The van der Waals surface area contributed by atoms with Gasteiger partial charge in [0, 0.05) is 0 Å². The summed E-state index contributed by atoms with van der Waals surface area (Å²) in [6, 6.07) is 0. The van der Waals surface area contributed by atoms with Gasteiger partial charge in [-0.3, -0.25) is 0 Å². The number of esters is 1. The second-order valence-electron chi connectivity index (χ2n) is 3.93. The number of rotatable bonds is 1. The van der Waals surface area contributed by atoms with Crippen LogP contribution in [0.1, 0.15) is 13.8 Å². The lowest BCUT2D eigenvalue weighted by Gasteiger charge is -2.19. The maximum atomic E-state index is 10.9. The summed E-state index contributed by atoms with van der Waals surface area (Å²) in [4.78, 5) is 10.9. The summed E-state index contributed by atoms with van der Waals surface area (Å²) >= 11 is 0. The molecule has 2 N–H and O–H groups in total. The Hall–Kier alpha value is -1.27. The maximum absolute atomic E-state index is 10.9. The third-order valence-corrected chi connectivity index (χ3v) is 2.31. The highest BCUT2D eigenvalue weighted by molar-refractivity contribution is 5.89. The smallest absolute Gasteiger partial charge is 0.377 e. The molecular weight excluding hydrogens is 204 g/mol. The van der Waals surface area contributed by atoms with Gasteiger partial charge in [0.1, 0.15) is 6.10 Å². The molecule has 2 heterocycles. The summed E-state index contributed by atoms with van der Waals surface area (Å²) < 4.78 is 15.4. The second kappa shape index (κ2) is 3.11. The van der Waals surface area contributed by atoms with E-state index in [9.17, 15) is 9.90 Å². The standard InChI is InChI=1S/C9H12O6/c1-9(2)13-3-4(15-9)7-5(10)6(11)8(12)14-7/h4,7,10-11H,3H2,1-2H3/t4?,7-/m0/s1. The molecule has 0 aromatic carbocycles. The highest BCUT2D eigenvalue weighted by Crippen LogP contribution is 2.31. The van der Waals surface area contributed by atoms with Gasteiger partial charge in [0.2, 0.25) is 5.76 Å². The second-order valence-corrected chi connectivity index (χ2v) is 3.93.